The Labute approximate surface area is 165 Å². The minimum atomic E-state index is -0.0483. The van der Waals surface area contributed by atoms with E-state index in [2.05, 4.69) is 37.6 Å². The van der Waals surface area contributed by atoms with E-state index >= 15 is 0 Å². The molecular formula is C20H30N4O2S. The molecule has 1 aromatic heterocycles. The van der Waals surface area contributed by atoms with Gasteiger partial charge in [0.15, 0.2) is 5.16 Å². The van der Waals surface area contributed by atoms with Crippen LogP contribution in [0.25, 0.3) is 10.9 Å². The van der Waals surface area contributed by atoms with Gasteiger partial charge >= 0.3 is 0 Å². The van der Waals surface area contributed by atoms with E-state index in [1.165, 1.54) is 11.8 Å². The number of hydrogen-bond acceptors (Lipinski definition) is 5. The lowest BCUT2D eigenvalue weighted by Crippen LogP contribution is -2.40. The number of rotatable bonds is 8. The summed E-state index contributed by atoms with van der Waals surface area (Å²) in [6.07, 6.45) is 0. The number of fused-ring (bicyclic) bond motifs is 1. The zero-order valence-corrected chi connectivity index (χ0v) is 17.9. The highest BCUT2D eigenvalue weighted by atomic mass is 32.2. The lowest BCUT2D eigenvalue weighted by atomic mass is 10.2. The lowest BCUT2D eigenvalue weighted by molar-refractivity contribution is -0.125. The van der Waals surface area contributed by atoms with Crippen molar-refractivity contribution < 1.29 is 4.79 Å². The van der Waals surface area contributed by atoms with E-state index in [0.717, 1.165) is 6.54 Å². The van der Waals surface area contributed by atoms with Crippen LogP contribution in [-0.4, -0.2) is 63.7 Å². The van der Waals surface area contributed by atoms with E-state index in [4.69, 9.17) is 0 Å². The Morgan fingerprint density at radius 1 is 1.15 bits per heavy atom. The monoisotopic (exact) mass is 390 g/mol. The molecule has 148 valence electrons. The molecular weight excluding hydrogens is 360 g/mol. The van der Waals surface area contributed by atoms with Gasteiger partial charge in [0.25, 0.3) is 5.56 Å². The average molecular weight is 391 g/mol. The van der Waals surface area contributed by atoms with Gasteiger partial charge in [0.1, 0.15) is 0 Å². The summed E-state index contributed by atoms with van der Waals surface area (Å²) in [5.74, 6) is 0.260. The van der Waals surface area contributed by atoms with Crippen LogP contribution in [0.2, 0.25) is 0 Å². The highest BCUT2D eigenvalue weighted by Gasteiger charge is 2.17. The smallest absolute Gasteiger partial charge is 0.262 e. The van der Waals surface area contributed by atoms with Gasteiger partial charge in [-0.3, -0.25) is 19.1 Å². The third-order valence-corrected chi connectivity index (χ3v) is 5.52. The maximum absolute atomic E-state index is 13.1. The first-order valence-corrected chi connectivity index (χ1v) is 10.3. The summed E-state index contributed by atoms with van der Waals surface area (Å²) in [4.78, 5) is 33.6. The minimum Gasteiger partial charge on any atom is -0.348 e. The largest absolute Gasteiger partial charge is 0.348 e. The van der Waals surface area contributed by atoms with Crippen LogP contribution in [0.15, 0.2) is 34.2 Å². The molecule has 0 aliphatic carbocycles. The van der Waals surface area contributed by atoms with Gasteiger partial charge in [-0.2, -0.15) is 0 Å². The number of carbonyl (C=O) groups is 1. The number of para-hydroxylation sites is 1. The van der Waals surface area contributed by atoms with E-state index in [9.17, 15) is 9.59 Å². The van der Waals surface area contributed by atoms with Gasteiger partial charge in [0, 0.05) is 39.3 Å². The van der Waals surface area contributed by atoms with Crippen molar-refractivity contribution in [3.05, 3.63) is 34.6 Å². The molecule has 0 saturated carbocycles. The van der Waals surface area contributed by atoms with E-state index < -0.39 is 0 Å². The summed E-state index contributed by atoms with van der Waals surface area (Å²) < 4.78 is 1.72. The molecule has 0 bridgehead atoms. The summed E-state index contributed by atoms with van der Waals surface area (Å²) in [6, 6.07) is 8.15. The minimum absolute atomic E-state index is 0.0000510. The van der Waals surface area contributed by atoms with Crippen molar-refractivity contribution in [3.8, 4) is 0 Å². The molecule has 0 spiro atoms. The molecule has 0 aliphatic rings. The number of carbonyl (C=O) groups excluding carboxylic acids is 1. The normalized spacial score (nSPS) is 11.7. The third kappa shape index (κ3) is 5.32. The van der Waals surface area contributed by atoms with Gasteiger partial charge in [-0.25, -0.2) is 4.98 Å². The number of thioether (sulfide) groups is 1. The predicted molar refractivity (Wildman–Crippen MR) is 112 cm³/mol. The Morgan fingerprint density at radius 3 is 2.37 bits per heavy atom. The van der Waals surface area contributed by atoms with E-state index in [1.807, 2.05) is 24.3 Å². The highest BCUT2D eigenvalue weighted by molar-refractivity contribution is 7.99. The van der Waals surface area contributed by atoms with E-state index in [-0.39, 0.29) is 17.2 Å². The summed E-state index contributed by atoms with van der Waals surface area (Å²) >= 11 is 1.32. The maximum Gasteiger partial charge on any atom is 0.262 e. The molecule has 27 heavy (non-hydrogen) atoms. The molecule has 7 heteroatoms. The Bertz CT molecular complexity index is 837. The molecule has 2 rings (SSSR count). The Balaban J connectivity index is 2.38. The second-order valence-corrected chi connectivity index (χ2v) is 8.31. The molecule has 0 unspecified atom stereocenters. The van der Waals surface area contributed by atoms with Crippen LogP contribution in [0, 0.1) is 0 Å². The molecule has 1 aromatic carbocycles. The van der Waals surface area contributed by atoms with E-state index in [1.54, 1.807) is 23.6 Å². The molecule has 2 aromatic rings. The van der Waals surface area contributed by atoms with Crippen molar-refractivity contribution in [1.29, 1.82) is 0 Å². The lowest BCUT2D eigenvalue weighted by Gasteiger charge is -2.30. The quantitative estimate of drug-likeness (QED) is 0.512. The molecule has 1 heterocycles. The SMILES string of the molecule is CC(C)N(CCn1c(SCC(=O)N(C)C)nc2ccccc2c1=O)C(C)C. The standard InChI is InChI=1S/C20H30N4O2S/c1-14(2)23(15(3)4)11-12-24-19(26)16-9-7-8-10-17(16)21-20(24)27-13-18(25)22(5)6/h7-10,14-15H,11-13H2,1-6H3. The van der Waals surface area contributed by atoms with Crippen LogP contribution in [0.1, 0.15) is 27.7 Å². The number of aromatic nitrogens is 2. The molecule has 0 fully saturated rings. The Hall–Kier alpha value is -1.86. The number of benzene rings is 1. The first-order valence-electron chi connectivity index (χ1n) is 9.30. The zero-order chi connectivity index (χ0) is 20.1. The van der Waals surface area contributed by atoms with Crippen LogP contribution in [0.4, 0.5) is 0 Å². The van der Waals surface area contributed by atoms with Gasteiger partial charge in [0.05, 0.1) is 16.7 Å². The van der Waals surface area contributed by atoms with Crippen molar-refractivity contribution >= 4 is 28.6 Å². The van der Waals surface area contributed by atoms with Crippen molar-refractivity contribution in [2.45, 2.75) is 51.5 Å². The summed E-state index contributed by atoms with van der Waals surface area (Å²) in [6.45, 7) is 9.94. The van der Waals surface area contributed by atoms with Crippen molar-refractivity contribution in [2.24, 2.45) is 0 Å². The summed E-state index contributed by atoms with van der Waals surface area (Å²) in [7, 11) is 3.46. The Morgan fingerprint density at radius 2 is 1.78 bits per heavy atom. The third-order valence-electron chi connectivity index (χ3n) is 4.56. The van der Waals surface area contributed by atoms with Crippen molar-refractivity contribution in [3.63, 3.8) is 0 Å². The molecule has 6 nitrogen and oxygen atoms in total. The summed E-state index contributed by atoms with van der Waals surface area (Å²) in [5.41, 5.74) is 0.621. The van der Waals surface area contributed by atoms with E-state index in [0.29, 0.717) is 34.7 Å². The fraction of sp³-hybridized carbons (Fsp3) is 0.550. The predicted octanol–water partition coefficient (Wildman–Crippen LogP) is 2.70. The van der Waals surface area contributed by atoms with Gasteiger partial charge in [-0.05, 0) is 39.8 Å². The molecule has 1 amide bonds. The van der Waals surface area contributed by atoms with Gasteiger partial charge in [0.2, 0.25) is 5.91 Å². The maximum atomic E-state index is 13.1. The van der Waals surface area contributed by atoms with Gasteiger partial charge < -0.3 is 4.90 Å². The topological polar surface area (TPSA) is 58.4 Å². The molecule has 0 atom stereocenters. The van der Waals surface area contributed by atoms with Crippen molar-refractivity contribution in [2.75, 3.05) is 26.4 Å². The second-order valence-electron chi connectivity index (χ2n) is 7.37. The second kappa shape index (κ2) is 9.37. The molecule has 0 saturated heterocycles. The number of hydrogen-bond donors (Lipinski definition) is 0. The Kier molecular flexibility index (Phi) is 7.44. The first kappa shape index (κ1) is 21.4. The first-order chi connectivity index (χ1) is 12.7. The van der Waals surface area contributed by atoms with Gasteiger partial charge in [-0.15, -0.1) is 0 Å². The fourth-order valence-electron chi connectivity index (χ4n) is 3.04. The van der Waals surface area contributed by atoms with Crippen molar-refractivity contribution in [1.82, 2.24) is 19.4 Å². The number of nitrogens with zero attached hydrogens (tertiary/aromatic N) is 4. The molecule has 0 radical (unpaired) electrons. The summed E-state index contributed by atoms with van der Waals surface area (Å²) in [5, 5.41) is 1.21. The van der Waals surface area contributed by atoms with Gasteiger partial charge in [-0.1, -0.05) is 23.9 Å². The number of amides is 1. The van der Waals surface area contributed by atoms with Crippen LogP contribution in [0.3, 0.4) is 0 Å². The highest BCUT2D eigenvalue weighted by Crippen LogP contribution is 2.18. The van der Waals surface area contributed by atoms with Crippen LogP contribution < -0.4 is 5.56 Å². The van der Waals surface area contributed by atoms with Crippen LogP contribution in [0.5, 0.6) is 0 Å². The molecule has 0 N–H and O–H groups in total. The fourth-order valence-corrected chi connectivity index (χ4v) is 4.04. The molecule has 0 aliphatic heterocycles. The average Bonchev–Trinajstić information content (AvgIpc) is 2.61. The van der Waals surface area contributed by atoms with Crippen LogP contribution in [-0.2, 0) is 11.3 Å². The van der Waals surface area contributed by atoms with Crippen LogP contribution >= 0.6 is 11.8 Å². The zero-order valence-electron chi connectivity index (χ0n) is 17.1.